The number of nitrogens with zero attached hydrogens (tertiary/aromatic N) is 1. The average molecular weight is 264 g/mol. The maximum Gasteiger partial charge on any atom is 0.0621 e. The van der Waals surface area contributed by atoms with Gasteiger partial charge in [0.2, 0.25) is 0 Å². The molecule has 0 heterocycles. The van der Waals surface area contributed by atoms with E-state index in [4.69, 9.17) is 5.26 Å². The highest BCUT2D eigenvalue weighted by molar-refractivity contribution is 4.93. The Morgan fingerprint density at radius 2 is 1.68 bits per heavy atom. The summed E-state index contributed by atoms with van der Waals surface area (Å²) in [6, 6.07) is 2.89. The average Bonchev–Trinajstić information content (AvgIpc) is 2.20. The smallest absolute Gasteiger partial charge is 0.0621 e. The molecule has 0 aromatic rings. The molecule has 2 nitrogen and oxygen atoms in total. The molecule has 0 unspecified atom stereocenters. The van der Waals surface area contributed by atoms with E-state index in [2.05, 4.69) is 52.9 Å². The third kappa shape index (κ3) is 5.95. The minimum absolute atomic E-state index is 0.224. The summed E-state index contributed by atoms with van der Waals surface area (Å²) >= 11 is 0. The highest BCUT2D eigenvalue weighted by Crippen LogP contribution is 2.45. The summed E-state index contributed by atoms with van der Waals surface area (Å²) in [6.07, 6.45) is 5.50. The lowest BCUT2D eigenvalue weighted by Gasteiger charge is -2.46. The van der Waals surface area contributed by atoms with Gasteiger partial charge < -0.3 is 5.32 Å². The molecule has 0 saturated heterocycles. The summed E-state index contributed by atoms with van der Waals surface area (Å²) in [5.74, 6) is 0. The molecule has 1 N–H and O–H groups in total. The van der Waals surface area contributed by atoms with Crippen LogP contribution in [-0.2, 0) is 0 Å². The quantitative estimate of drug-likeness (QED) is 0.793. The molecule has 0 aromatic carbocycles. The maximum atomic E-state index is 8.71. The van der Waals surface area contributed by atoms with E-state index in [1.54, 1.807) is 0 Å². The van der Waals surface area contributed by atoms with Crippen LogP contribution in [0.4, 0.5) is 0 Å². The van der Waals surface area contributed by atoms with E-state index >= 15 is 0 Å². The highest BCUT2D eigenvalue weighted by atomic mass is 14.9. The normalized spacial score (nSPS) is 23.0. The molecule has 110 valence electrons. The minimum atomic E-state index is 0.224. The summed E-state index contributed by atoms with van der Waals surface area (Å²) in [6.45, 7) is 15.1. The molecule has 0 amide bonds. The monoisotopic (exact) mass is 264 g/mol. The van der Waals surface area contributed by atoms with E-state index in [0.29, 0.717) is 23.3 Å². The molecular formula is C17H32N2. The van der Waals surface area contributed by atoms with E-state index in [0.717, 1.165) is 13.0 Å². The van der Waals surface area contributed by atoms with Crippen LogP contribution in [0.3, 0.4) is 0 Å². The van der Waals surface area contributed by atoms with Gasteiger partial charge in [-0.2, -0.15) is 5.26 Å². The molecule has 0 radical (unpaired) electrons. The second kappa shape index (κ2) is 5.83. The fourth-order valence-electron chi connectivity index (χ4n) is 3.89. The van der Waals surface area contributed by atoms with Crippen LogP contribution in [0.15, 0.2) is 0 Å². The third-order valence-corrected chi connectivity index (χ3v) is 4.34. The Kier molecular flexibility index (Phi) is 5.07. The molecule has 0 atom stereocenters. The minimum Gasteiger partial charge on any atom is -0.313 e. The predicted molar refractivity (Wildman–Crippen MR) is 81.8 cm³/mol. The van der Waals surface area contributed by atoms with E-state index in [-0.39, 0.29) is 5.41 Å². The van der Waals surface area contributed by atoms with Crippen molar-refractivity contribution in [2.45, 2.75) is 79.7 Å². The van der Waals surface area contributed by atoms with Crippen molar-refractivity contribution in [3.63, 3.8) is 0 Å². The molecule has 1 rings (SSSR count). The van der Waals surface area contributed by atoms with E-state index in [1.807, 2.05) is 0 Å². The Bertz CT molecular complexity index is 318. The zero-order chi connectivity index (χ0) is 14.7. The van der Waals surface area contributed by atoms with Crippen molar-refractivity contribution in [3.8, 4) is 6.07 Å². The second-order valence-electron chi connectivity index (χ2n) is 8.81. The van der Waals surface area contributed by atoms with Crippen LogP contribution in [0.5, 0.6) is 0 Å². The van der Waals surface area contributed by atoms with Crippen LogP contribution < -0.4 is 5.32 Å². The first kappa shape index (κ1) is 16.5. The first-order chi connectivity index (χ1) is 8.55. The first-order valence-electron chi connectivity index (χ1n) is 7.66. The van der Waals surface area contributed by atoms with Gasteiger partial charge in [-0.15, -0.1) is 0 Å². The molecule has 2 heteroatoms. The molecular weight excluding hydrogens is 232 g/mol. The van der Waals surface area contributed by atoms with Gasteiger partial charge in [-0.25, -0.2) is 0 Å². The number of rotatable bonds is 5. The molecule has 1 aliphatic rings. The molecule has 1 aliphatic carbocycles. The number of hydrogen-bond acceptors (Lipinski definition) is 2. The van der Waals surface area contributed by atoms with Crippen LogP contribution in [-0.4, -0.2) is 12.6 Å². The Hall–Kier alpha value is -0.550. The summed E-state index contributed by atoms with van der Waals surface area (Å²) in [7, 11) is 0. The van der Waals surface area contributed by atoms with Gasteiger partial charge in [0.05, 0.1) is 6.07 Å². The Balaban J connectivity index is 2.51. The van der Waals surface area contributed by atoms with Gasteiger partial charge in [0.1, 0.15) is 0 Å². The summed E-state index contributed by atoms with van der Waals surface area (Å²) in [4.78, 5) is 0. The highest BCUT2D eigenvalue weighted by Gasteiger charge is 2.38. The maximum absolute atomic E-state index is 8.71. The van der Waals surface area contributed by atoms with Gasteiger partial charge >= 0.3 is 0 Å². The lowest BCUT2D eigenvalue weighted by atomic mass is 9.63. The van der Waals surface area contributed by atoms with Crippen molar-refractivity contribution in [1.82, 2.24) is 5.32 Å². The third-order valence-electron chi connectivity index (χ3n) is 4.34. The molecule has 1 saturated carbocycles. The topological polar surface area (TPSA) is 35.8 Å². The van der Waals surface area contributed by atoms with Crippen molar-refractivity contribution in [1.29, 1.82) is 5.26 Å². The zero-order valence-corrected chi connectivity index (χ0v) is 13.8. The van der Waals surface area contributed by atoms with Crippen LogP contribution in [0.1, 0.15) is 73.6 Å². The van der Waals surface area contributed by atoms with Crippen LogP contribution in [0, 0.1) is 27.6 Å². The van der Waals surface area contributed by atoms with E-state index in [1.165, 1.54) is 19.3 Å². The SMILES string of the molecule is CC(C)(CCC#N)CNC1CC(C)(C)CC(C)(C)C1. The molecule has 0 aromatic heterocycles. The number of nitriles is 1. The van der Waals surface area contributed by atoms with Gasteiger partial charge in [0.25, 0.3) is 0 Å². The summed E-state index contributed by atoms with van der Waals surface area (Å²) in [5, 5.41) is 12.5. The van der Waals surface area contributed by atoms with Crippen LogP contribution in [0.25, 0.3) is 0 Å². The fraction of sp³-hybridized carbons (Fsp3) is 0.941. The fourth-order valence-corrected chi connectivity index (χ4v) is 3.89. The van der Waals surface area contributed by atoms with Crippen molar-refractivity contribution in [2.75, 3.05) is 6.54 Å². The number of nitrogens with one attached hydrogen (secondary N) is 1. The lowest BCUT2D eigenvalue weighted by molar-refractivity contribution is 0.0801. The van der Waals surface area contributed by atoms with Crippen LogP contribution in [0.2, 0.25) is 0 Å². The molecule has 0 spiro atoms. The second-order valence-corrected chi connectivity index (χ2v) is 8.81. The summed E-state index contributed by atoms with van der Waals surface area (Å²) in [5.41, 5.74) is 1.11. The number of hydrogen-bond donors (Lipinski definition) is 1. The van der Waals surface area contributed by atoms with Gasteiger partial charge in [-0.1, -0.05) is 41.5 Å². The summed E-state index contributed by atoms with van der Waals surface area (Å²) < 4.78 is 0. The molecule has 1 fully saturated rings. The molecule has 19 heavy (non-hydrogen) atoms. The lowest BCUT2D eigenvalue weighted by Crippen LogP contribution is -2.46. The van der Waals surface area contributed by atoms with Crippen molar-refractivity contribution >= 4 is 0 Å². The van der Waals surface area contributed by atoms with Crippen molar-refractivity contribution < 1.29 is 0 Å². The van der Waals surface area contributed by atoms with Gasteiger partial charge in [0, 0.05) is 19.0 Å². The van der Waals surface area contributed by atoms with Crippen LogP contribution >= 0.6 is 0 Å². The Morgan fingerprint density at radius 1 is 1.16 bits per heavy atom. The van der Waals surface area contributed by atoms with Gasteiger partial charge in [0.15, 0.2) is 0 Å². The van der Waals surface area contributed by atoms with Gasteiger partial charge in [-0.05, 0) is 41.9 Å². The zero-order valence-electron chi connectivity index (χ0n) is 13.8. The Morgan fingerprint density at radius 3 is 2.16 bits per heavy atom. The van der Waals surface area contributed by atoms with Gasteiger partial charge in [-0.3, -0.25) is 0 Å². The Labute approximate surface area is 120 Å². The van der Waals surface area contributed by atoms with E-state index < -0.39 is 0 Å². The van der Waals surface area contributed by atoms with Crippen molar-refractivity contribution in [3.05, 3.63) is 0 Å². The molecule has 0 bridgehead atoms. The van der Waals surface area contributed by atoms with E-state index in [9.17, 15) is 0 Å². The largest absolute Gasteiger partial charge is 0.313 e. The molecule has 0 aliphatic heterocycles. The first-order valence-corrected chi connectivity index (χ1v) is 7.66. The standard InChI is InChI=1S/C17H32N2/c1-15(2,8-7-9-18)13-19-14-10-16(3,4)12-17(5,6)11-14/h14,19H,7-8,10-13H2,1-6H3. The predicted octanol–water partition coefficient (Wildman–Crippen LogP) is 4.51. The van der Waals surface area contributed by atoms with Crippen molar-refractivity contribution in [2.24, 2.45) is 16.2 Å².